The normalized spacial score (nSPS) is 15.5. The SMILES string of the molecule is COC(=O)C[S+]([O-])CCN1CCN(c2ccc(C(=N)N)cc2)C1=O. The van der Waals surface area contributed by atoms with Crippen molar-refractivity contribution in [3.05, 3.63) is 29.8 Å². The van der Waals surface area contributed by atoms with Gasteiger partial charge in [0.15, 0.2) is 0 Å². The minimum absolute atomic E-state index is 0.0241. The number of amidine groups is 1. The van der Waals surface area contributed by atoms with Crippen LogP contribution in [0.2, 0.25) is 0 Å². The van der Waals surface area contributed by atoms with Crippen molar-refractivity contribution >= 4 is 34.7 Å². The summed E-state index contributed by atoms with van der Waals surface area (Å²) in [6, 6.07) is 6.71. The van der Waals surface area contributed by atoms with Gasteiger partial charge in [-0.3, -0.25) is 10.3 Å². The fourth-order valence-electron chi connectivity index (χ4n) is 2.33. The summed E-state index contributed by atoms with van der Waals surface area (Å²) < 4.78 is 16.2. The standard InChI is InChI=1S/C15H20N4O4S/c1-23-13(20)10-24(22)9-8-18-6-7-19(15(18)21)12-4-2-11(3-5-12)14(16)17/h2-5H,6-10H2,1H3,(H3,16,17). The van der Waals surface area contributed by atoms with Gasteiger partial charge in [0.1, 0.15) is 11.6 Å². The third-order valence-electron chi connectivity index (χ3n) is 3.68. The number of hydrogen-bond acceptors (Lipinski definition) is 5. The van der Waals surface area contributed by atoms with E-state index < -0.39 is 17.1 Å². The van der Waals surface area contributed by atoms with Gasteiger partial charge in [-0.15, -0.1) is 0 Å². The van der Waals surface area contributed by atoms with Crippen LogP contribution in [0.5, 0.6) is 0 Å². The van der Waals surface area contributed by atoms with E-state index in [0.29, 0.717) is 25.2 Å². The minimum atomic E-state index is -1.35. The monoisotopic (exact) mass is 352 g/mol. The van der Waals surface area contributed by atoms with Gasteiger partial charge >= 0.3 is 12.0 Å². The zero-order valence-corrected chi connectivity index (χ0v) is 14.2. The van der Waals surface area contributed by atoms with Crippen LogP contribution in [0.25, 0.3) is 0 Å². The number of carbonyl (C=O) groups is 2. The van der Waals surface area contributed by atoms with Crippen molar-refractivity contribution in [1.82, 2.24) is 4.90 Å². The van der Waals surface area contributed by atoms with Crippen LogP contribution in [0, 0.1) is 5.41 Å². The van der Waals surface area contributed by atoms with Crippen molar-refractivity contribution in [2.45, 2.75) is 0 Å². The topological polar surface area (TPSA) is 123 Å². The molecule has 1 fully saturated rings. The molecule has 1 aromatic rings. The Morgan fingerprint density at radius 3 is 2.62 bits per heavy atom. The number of nitrogens with zero attached hydrogens (tertiary/aromatic N) is 2. The number of amides is 2. The highest BCUT2D eigenvalue weighted by molar-refractivity contribution is 7.92. The minimum Gasteiger partial charge on any atom is -0.616 e. The molecule has 24 heavy (non-hydrogen) atoms. The lowest BCUT2D eigenvalue weighted by molar-refractivity contribution is -0.137. The summed E-state index contributed by atoms with van der Waals surface area (Å²) in [5.41, 5.74) is 6.73. The van der Waals surface area contributed by atoms with Crippen LogP contribution in [-0.4, -0.2) is 65.5 Å². The van der Waals surface area contributed by atoms with E-state index in [1.54, 1.807) is 34.1 Å². The van der Waals surface area contributed by atoms with Gasteiger partial charge in [0, 0.05) is 24.3 Å². The number of rotatable bonds is 7. The first kappa shape index (κ1) is 18.1. The Labute approximate surface area is 143 Å². The molecule has 1 saturated heterocycles. The number of urea groups is 1. The van der Waals surface area contributed by atoms with E-state index in [9.17, 15) is 14.1 Å². The van der Waals surface area contributed by atoms with E-state index in [1.807, 2.05) is 0 Å². The number of nitrogens with one attached hydrogen (secondary N) is 1. The van der Waals surface area contributed by atoms with E-state index >= 15 is 0 Å². The second-order valence-electron chi connectivity index (χ2n) is 5.25. The summed E-state index contributed by atoms with van der Waals surface area (Å²) in [5, 5.41) is 7.37. The molecular formula is C15H20N4O4S. The Balaban J connectivity index is 1.90. The number of carbonyl (C=O) groups excluding carboxylic acids is 2. The molecule has 0 radical (unpaired) electrons. The molecule has 0 saturated carbocycles. The van der Waals surface area contributed by atoms with Gasteiger partial charge in [-0.1, -0.05) is 0 Å². The number of benzene rings is 1. The summed E-state index contributed by atoms with van der Waals surface area (Å²) in [6.45, 7) is 1.38. The van der Waals surface area contributed by atoms with E-state index in [0.717, 1.165) is 5.69 Å². The second kappa shape index (κ2) is 8.02. The molecule has 9 heteroatoms. The molecule has 1 unspecified atom stereocenters. The van der Waals surface area contributed by atoms with Crippen LogP contribution in [-0.2, 0) is 20.7 Å². The van der Waals surface area contributed by atoms with Crippen LogP contribution in [0.3, 0.4) is 0 Å². The average molecular weight is 352 g/mol. The third kappa shape index (κ3) is 4.39. The van der Waals surface area contributed by atoms with Crippen molar-refractivity contribution in [1.29, 1.82) is 5.41 Å². The Kier molecular flexibility index (Phi) is 6.04. The third-order valence-corrected chi connectivity index (χ3v) is 4.88. The molecule has 130 valence electrons. The number of nitrogens with two attached hydrogens (primary N) is 1. The number of anilines is 1. The summed E-state index contributed by atoms with van der Waals surface area (Å²) in [7, 11) is 1.25. The number of nitrogen functional groups attached to an aromatic ring is 1. The zero-order valence-electron chi connectivity index (χ0n) is 13.4. The molecule has 1 aliphatic rings. The summed E-state index contributed by atoms with van der Waals surface area (Å²) >= 11 is -1.35. The van der Waals surface area contributed by atoms with Crippen LogP contribution in [0.15, 0.2) is 24.3 Å². The van der Waals surface area contributed by atoms with Crippen LogP contribution >= 0.6 is 0 Å². The molecule has 3 N–H and O–H groups in total. The lowest BCUT2D eigenvalue weighted by atomic mass is 10.2. The van der Waals surface area contributed by atoms with Crippen molar-refractivity contribution < 1.29 is 18.9 Å². The summed E-state index contributed by atoms with van der Waals surface area (Å²) in [6.07, 6.45) is 0. The predicted octanol–water partition coefficient (Wildman–Crippen LogP) is 0.134. The second-order valence-corrected chi connectivity index (χ2v) is 6.82. The van der Waals surface area contributed by atoms with E-state index in [1.165, 1.54) is 7.11 Å². The highest BCUT2D eigenvalue weighted by Crippen LogP contribution is 2.20. The first-order chi connectivity index (χ1) is 11.4. The number of methoxy groups -OCH3 is 1. The maximum absolute atomic E-state index is 12.4. The van der Waals surface area contributed by atoms with Gasteiger partial charge in [-0.25, -0.2) is 9.59 Å². The molecule has 0 aromatic heterocycles. The molecule has 1 aromatic carbocycles. The van der Waals surface area contributed by atoms with E-state index in [4.69, 9.17) is 11.1 Å². The van der Waals surface area contributed by atoms with E-state index in [-0.39, 0.29) is 23.4 Å². The molecule has 0 bridgehead atoms. The number of esters is 1. The fraction of sp³-hybridized carbons (Fsp3) is 0.400. The quantitative estimate of drug-likeness (QED) is 0.313. The Morgan fingerprint density at radius 2 is 2.04 bits per heavy atom. The molecule has 0 aliphatic carbocycles. The molecule has 2 amide bonds. The number of hydrogen-bond donors (Lipinski definition) is 2. The molecule has 1 heterocycles. The lowest BCUT2D eigenvalue weighted by Gasteiger charge is -2.19. The lowest BCUT2D eigenvalue weighted by Crippen LogP contribution is -2.35. The first-order valence-corrected chi connectivity index (χ1v) is 8.84. The molecule has 2 rings (SSSR count). The highest BCUT2D eigenvalue weighted by atomic mass is 32.2. The van der Waals surface area contributed by atoms with Gasteiger partial charge in [0.05, 0.1) is 13.7 Å². The fourth-order valence-corrected chi connectivity index (χ4v) is 3.27. The first-order valence-electron chi connectivity index (χ1n) is 7.35. The van der Waals surface area contributed by atoms with Crippen molar-refractivity contribution in [3.8, 4) is 0 Å². The summed E-state index contributed by atoms with van der Waals surface area (Å²) in [5.74, 6) is -0.468. The Hall–Kier alpha value is -2.26. The van der Waals surface area contributed by atoms with Gasteiger partial charge < -0.3 is 19.9 Å². The number of ether oxygens (including phenoxy) is 1. The highest BCUT2D eigenvalue weighted by Gasteiger charge is 2.30. The van der Waals surface area contributed by atoms with Crippen LogP contribution < -0.4 is 10.6 Å². The van der Waals surface area contributed by atoms with E-state index in [2.05, 4.69) is 4.74 Å². The van der Waals surface area contributed by atoms with Crippen molar-refractivity contribution in [2.75, 3.05) is 43.1 Å². The van der Waals surface area contributed by atoms with Gasteiger partial charge in [0.25, 0.3) is 0 Å². The van der Waals surface area contributed by atoms with Crippen molar-refractivity contribution in [3.63, 3.8) is 0 Å². The largest absolute Gasteiger partial charge is 0.616 e. The average Bonchev–Trinajstić information content (AvgIpc) is 2.93. The molecule has 0 spiro atoms. The van der Waals surface area contributed by atoms with Gasteiger partial charge in [-0.05, 0) is 35.4 Å². The molecular weight excluding hydrogens is 332 g/mol. The van der Waals surface area contributed by atoms with Crippen LogP contribution in [0.4, 0.5) is 10.5 Å². The van der Waals surface area contributed by atoms with Crippen molar-refractivity contribution in [2.24, 2.45) is 5.73 Å². The molecule has 1 atom stereocenters. The Bertz CT molecular complexity index is 622. The van der Waals surface area contributed by atoms with Crippen LogP contribution in [0.1, 0.15) is 5.56 Å². The summed E-state index contributed by atoms with van der Waals surface area (Å²) in [4.78, 5) is 26.7. The maximum Gasteiger partial charge on any atom is 0.356 e. The van der Waals surface area contributed by atoms with Gasteiger partial charge in [-0.2, -0.15) is 0 Å². The maximum atomic E-state index is 12.4. The zero-order chi connectivity index (χ0) is 17.7. The predicted molar refractivity (Wildman–Crippen MR) is 91.7 cm³/mol. The Morgan fingerprint density at radius 1 is 1.38 bits per heavy atom. The van der Waals surface area contributed by atoms with Gasteiger partial charge in [0.2, 0.25) is 5.75 Å². The smallest absolute Gasteiger partial charge is 0.356 e. The molecule has 8 nitrogen and oxygen atoms in total. The molecule has 1 aliphatic heterocycles.